The molecule has 0 radical (unpaired) electrons. The molecule has 2 aromatic carbocycles. The molecule has 0 fully saturated rings. The van der Waals surface area contributed by atoms with Gasteiger partial charge in [-0.1, -0.05) is 17.7 Å². The lowest BCUT2D eigenvalue weighted by molar-refractivity contribution is 0.410. The second-order valence-electron chi connectivity index (χ2n) is 4.83. The first kappa shape index (κ1) is 13.8. The third kappa shape index (κ3) is 2.81. The first-order valence-corrected chi connectivity index (χ1v) is 7.07. The van der Waals surface area contributed by atoms with Crippen molar-refractivity contribution in [2.24, 2.45) is 0 Å². The topological polar surface area (TPSA) is 49.9 Å². The first-order chi connectivity index (χ1) is 10.2. The second-order valence-corrected chi connectivity index (χ2v) is 5.24. The molecule has 2 N–H and O–H groups in total. The minimum Gasteiger partial charge on any atom is -0.496 e. The maximum absolute atomic E-state index is 6.24. The number of aromatic nitrogens is 2. The van der Waals surface area contributed by atoms with Crippen LogP contribution in [-0.4, -0.2) is 17.1 Å². The molecule has 1 heterocycles. The summed E-state index contributed by atoms with van der Waals surface area (Å²) < 4.78 is 5.35. The Bertz CT molecular complexity index is 782. The van der Waals surface area contributed by atoms with Crippen LogP contribution in [0.15, 0.2) is 36.4 Å². The number of nitrogens with one attached hydrogen (secondary N) is 2. The standard InChI is InChI=1S/C16H16ClN3O/c1-10-19-14-7-6-11(8-15(14)20-10)18-9-12-13(17)4-3-5-16(12)21-2/h3-8,18H,9H2,1-2H3,(H,19,20). The van der Waals surface area contributed by atoms with Crippen LogP contribution in [0.2, 0.25) is 5.02 Å². The van der Waals surface area contributed by atoms with Crippen molar-refractivity contribution in [3.63, 3.8) is 0 Å². The summed E-state index contributed by atoms with van der Waals surface area (Å²) in [4.78, 5) is 7.62. The fourth-order valence-corrected chi connectivity index (χ4v) is 2.57. The normalized spacial score (nSPS) is 10.8. The van der Waals surface area contributed by atoms with E-state index in [4.69, 9.17) is 16.3 Å². The number of aromatic amines is 1. The van der Waals surface area contributed by atoms with Crippen LogP contribution >= 0.6 is 11.6 Å². The van der Waals surface area contributed by atoms with E-state index in [1.807, 2.05) is 43.3 Å². The lowest BCUT2D eigenvalue weighted by Crippen LogP contribution is -2.02. The molecule has 0 aliphatic rings. The molecule has 0 aliphatic carbocycles. The Hall–Kier alpha value is -2.20. The van der Waals surface area contributed by atoms with Gasteiger partial charge in [0.15, 0.2) is 0 Å². The highest BCUT2D eigenvalue weighted by molar-refractivity contribution is 6.31. The number of rotatable bonds is 4. The van der Waals surface area contributed by atoms with Crippen molar-refractivity contribution >= 4 is 28.3 Å². The average molecular weight is 302 g/mol. The minimum absolute atomic E-state index is 0.599. The Morgan fingerprint density at radius 1 is 1.29 bits per heavy atom. The fourth-order valence-electron chi connectivity index (χ4n) is 2.34. The third-order valence-electron chi connectivity index (χ3n) is 3.37. The second kappa shape index (κ2) is 5.66. The van der Waals surface area contributed by atoms with Gasteiger partial charge in [-0.25, -0.2) is 4.98 Å². The van der Waals surface area contributed by atoms with Gasteiger partial charge < -0.3 is 15.0 Å². The Labute approximate surface area is 128 Å². The molecule has 0 bridgehead atoms. The molecule has 0 amide bonds. The van der Waals surface area contributed by atoms with Gasteiger partial charge in [0.25, 0.3) is 0 Å². The number of imidazole rings is 1. The van der Waals surface area contributed by atoms with Crippen LogP contribution in [0, 0.1) is 6.92 Å². The van der Waals surface area contributed by atoms with Crippen LogP contribution in [0.25, 0.3) is 11.0 Å². The van der Waals surface area contributed by atoms with E-state index in [9.17, 15) is 0 Å². The number of ether oxygens (including phenoxy) is 1. The highest BCUT2D eigenvalue weighted by Crippen LogP contribution is 2.27. The van der Waals surface area contributed by atoms with Crippen molar-refractivity contribution in [2.75, 3.05) is 12.4 Å². The summed E-state index contributed by atoms with van der Waals surface area (Å²) in [7, 11) is 1.65. The van der Waals surface area contributed by atoms with Crippen LogP contribution in [0.3, 0.4) is 0 Å². The maximum Gasteiger partial charge on any atom is 0.125 e. The summed E-state index contributed by atoms with van der Waals surface area (Å²) >= 11 is 6.24. The Balaban J connectivity index is 1.83. The summed E-state index contributed by atoms with van der Waals surface area (Å²) in [5, 5.41) is 4.06. The summed E-state index contributed by atoms with van der Waals surface area (Å²) in [5.74, 6) is 1.70. The predicted molar refractivity (Wildman–Crippen MR) is 86.2 cm³/mol. The van der Waals surface area contributed by atoms with Crippen molar-refractivity contribution < 1.29 is 4.74 Å². The van der Waals surface area contributed by atoms with Crippen LogP contribution in [0.1, 0.15) is 11.4 Å². The molecule has 0 spiro atoms. The van der Waals surface area contributed by atoms with Crippen LogP contribution < -0.4 is 10.1 Å². The van der Waals surface area contributed by atoms with E-state index in [1.54, 1.807) is 7.11 Å². The molecule has 21 heavy (non-hydrogen) atoms. The largest absolute Gasteiger partial charge is 0.496 e. The predicted octanol–water partition coefficient (Wildman–Crippen LogP) is 4.15. The van der Waals surface area contributed by atoms with E-state index in [0.717, 1.165) is 33.9 Å². The number of aryl methyl sites for hydroxylation is 1. The monoisotopic (exact) mass is 301 g/mol. The number of fused-ring (bicyclic) bond motifs is 1. The molecule has 4 nitrogen and oxygen atoms in total. The summed E-state index contributed by atoms with van der Waals surface area (Å²) in [6.45, 7) is 2.54. The van der Waals surface area contributed by atoms with E-state index >= 15 is 0 Å². The molecule has 0 saturated carbocycles. The maximum atomic E-state index is 6.24. The lowest BCUT2D eigenvalue weighted by Gasteiger charge is -2.12. The lowest BCUT2D eigenvalue weighted by atomic mass is 10.2. The van der Waals surface area contributed by atoms with E-state index < -0.39 is 0 Å². The Morgan fingerprint density at radius 3 is 2.95 bits per heavy atom. The Morgan fingerprint density at radius 2 is 2.14 bits per heavy atom. The zero-order chi connectivity index (χ0) is 14.8. The van der Waals surface area contributed by atoms with E-state index in [1.165, 1.54) is 0 Å². The van der Waals surface area contributed by atoms with Gasteiger partial charge in [-0.3, -0.25) is 0 Å². The van der Waals surface area contributed by atoms with Gasteiger partial charge in [-0.15, -0.1) is 0 Å². The number of nitrogens with zero attached hydrogens (tertiary/aromatic N) is 1. The summed E-state index contributed by atoms with van der Waals surface area (Å²) in [6.07, 6.45) is 0. The molecule has 0 atom stereocenters. The molecule has 3 rings (SSSR count). The summed E-state index contributed by atoms with van der Waals surface area (Å²) in [5.41, 5.74) is 3.94. The minimum atomic E-state index is 0.599. The van der Waals surface area contributed by atoms with E-state index in [0.29, 0.717) is 11.6 Å². The van der Waals surface area contributed by atoms with Crippen molar-refractivity contribution in [1.82, 2.24) is 9.97 Å². The molecule has 0 unspecified atom stereocenters. The molecule has 5 heteroatoms. The van der Waals surface area contributed by atoms with Crippen LogP contribution in [-0.2, 0) is 6.54 Å². The number of benzene rings is 2. The smallest absolute Gasteiger partial charge is 0.125 e. The molecule has 1 aromatic heterocycles. The fraction of sp³-hybridized carbons (Fsp3) is 0.188. The molecular weight excluding hydrogens is 286 g/mol. The number of anilines is 1. The SMILES string of the molecule is COc1cccc(Cl)c1CNc1ccc2nc(C)[nH]c2c1. The number of H-pyrrole nitrogens is 1. The van der Waals surface area contributed by atoms with Crippen molar-refractivity contribution in [1.29, 1.82) is 0 Å². The van der Waals surface area contributed by atoms with Gasteiger partial charge in [-0.05, 0) is 37.3 Å². The van der Waals surface area contributed by atoms with E-state index in [2.05, 4.69) is 15.3 Å². The van der Waals surface area contributed by atoms with Crippen molar-refractivity contribution in [3.8, 4) is 5.75 Å². The zero-order valence-corrected chi connectivity index (χ0v) is 12.7. The van der Waals surface area contributed by atoms with Gasteiger partial charge in [0.2, 0.25) is 0 Å². The van der Waals surface area contributed by atoms with E-state index in [-0.39, 0.29) is 0 Å². The van der Waals surface area contributed by atoms with Crippen LogP contribution in [0.4, 0.5) is 5.69 Å². The quantitative estimate of drug-likeness (QED) is 0.761. The van der Waals surface area contributed by atoms with Crippen molar-refractivity contribution in [3.05, 3.63) is 52.8 Å². The third-order valence-corrected chi connectivity index (χ3v) is 3.72. The summed E-state index contributed by atoms with van der Waals surface area (Å²) in [6, 6.07) is 11.7. The zero-order valence-electron chi connectivity index (χ0n) is 11.9. The van der Waals surface area contributed by atoms with Gasteiger partial charge in [0.1, 0.15) is 11.6 Å². The first-order valence-electron chi connectivity index (χ1n) is 6.69. The van der Waals surface area contributed by atoms with Gasteiger partial charge in [0.05, 0.1) is 18.1 Å². The molecule has 0 aliphatic heterocycles. The average Bonchev–Trinajstić information content (AvgIpc) is 2.85. The molecule has 3 aromatic rings. The number of halogens is 1. The van der Waals surface area contributed by atoms with Gasteiger partial charge >= 0.3 is 0 Å². The molecular formula is C16H16ClN3O. The van der Waals surface area contributed by atoms with Gasteiger partial charge in [0, 0.05) is 22.8 Å². The highest BCUT2D eigenvalue weighted by Gasteiger charge is 2.08. The molecule has 0 saturated heterocycles. The highest BCUT2D eigenvalue weighted by atomic mass is 35.5. The molecule has 108 valence electrons. The number of hydrogen-bond acceptors (Lipinski definition) is 3. The number of hydrogen-bond donors (Lipinski definition) is 2. The number of methoxy groups -OCH3 is 1. The van der Waals surface area contributed by atoms with Crippen LogP contribution in [0.5, 0.6) is 5.75 Å². The van der Waals surface area contributed by atoms with Crippen molar-refractivity contribution in [2.45, 2.75) is 13.5 Å². The van der Waals surface area contributed by atoms with Gasteiger partial charge in [-0.2, -0.15) is 0 Å². The Kier molecular flexibility index (Phi) is 3.71.